The highest BCUT2D eigenvalue weighted by molar-refractivity contribution is 6.10. The number of hydrogen-bond acceptors (Lipinski definition) is 5. The fourth-order valence-corrected chi connectivity index (χ4v) is 4.01. The smallest absolute Gasteiger partial charge is 0.370 e. The molecule has 2 aliphatic rings. The third kappa shape index (κ3) is 6.84. The van der Waals surface area contributed by atoms with Crippen LogP contribution in [-0.4, -0.2) is 67.7 Å². The lowest BCUT2D eigenvalue weighted by atomic mass is 9.84. The largest absolute Gasteiger partial charge is 0.418 e. The molecule has 35 heavy (non-hydrogen) atoms. The van der Waals surface area contributed by atoms with Gasteiger partial charge in [0.25, 0.3) is 11.8 Å². The lowest BCUT2D eigenvalue weighted by Gasteiger charge is -2.35. The standard InChI is InChI=1S/C21H24F6N4O4/c22-20(23,24)11-30(9-12-2-1-3-12)17(18(28)33)19(34)29-15-5-4-13(8-14(15)21(25,26)27)31-6-7-35-10-16(31)32/h4-5,8,12,17H,1-3,6-7,9-11H2,(H2,28,33)(H,29,34)/t17-/m0/s1. The Balaban J connectivity index is 1.89. The van der Waals surface area contributed by atoms with Gasteiger partial charge in [0, 0.05) is 18.8 Å². The van der Waals surface area contributed by atoms with Gasteiger partial charge in [-0.05, 0) is 37.0 Å². The number of carbonyl (C=O) groups excluding carboxylic acids is 3. The molecule has 194 valence electrons. The van der Waals surface area contributed by atoms with Crippen LogP contribution >= 0.6 is 0 Å². The Morgan fingerprint density at radius 3 is 2.40 bits per heavy atom. The molecule has 3 amide bonds. The van der Waals surface area contributed by atoms with Gasteiger partial charge in [0.05, 0.1) is 24.4 Å². The van der Waals surface area contributed by atoms with Crippen LogP contribution in [0, 0.1) is 5.92 Å². The predicted octanol–water partition coefficient (Wildman–Crippen LogP) is 2.53. The fourth-order valence-electron chi connectivity index (χ4n) is 4.01. The molecule has 1 atom stereocenters. The molecule has 1 heterocycles. The first-order chi connectivity index (χ1) is 16.3. The molecule has 8 nitrogen and oxygen atoms in total. The molecule has 1 aliphatic heterocycles. The first-order valence-corrected chi connectivity index (χ1v) is 10.8. The van der Waals surface area contributed by atoms with E-state index in [0.29, 0.717) is 23.8 Å². The van der Waals surface area contributed by atoms with Gasteiger partial charge in [0.15, 0.2) is 6.04 Å². The summed E-state index contributed by atoms with van der Waals surface area (Å²) in [5.74, 6) is -3.59. The highest BCUT2D eigenvalue weighted by atomic mass is 19.4. The summed E-state index contributed by atoms with van der Waals surface area (Å²) in [6.07, 6.45) is -7.79. The molecule has 0 spiro atoms. The summed E-state index contributed by atoms with van der Waals surface area (Å²) in [6.45, 7) is -2.07. The number of ether oxygens (including phenoxy) is 1. The van der Waals surface area contributed by atoms with E-state index in [2.05, 4.69) is 0 Å². The minimum atomic E-state index is -4.99. The fraction of sp³-hybridized carbons (Fsp3) is 0.571. The van der Waals surface area contributed by atoms with E-state index in [1.54, 1.807) is 0 Å². The quantitative estimate of drug-likeness (QED) is 0.413. The first-order valence-electron chi connectivity index (χ1n) is 10.8. The minimum absolute atomic E-state index is 0.0131. The number of hydrogen-bond donors (Lipinski definition) is 2. The normalized spacial score (nSPS) is 18.4. The van der Waals surface area contributed by atoms with E-state index in [4.69, 9.17) is 10.5 Å². The van der Waals surface area contributed by atoms with E-state index in [1.807, 2.05) is 5.32 Å². The molecule has 2 fully saturated rings. The Morgan fingerprint density at radius 2 is 1.89 bits per heavy atom. The topological polar surface area (TPSA) is 105 Å². The summed E-state index contributed by atoms with van der Waals surface area (Å²) in [5.41, 5.74) is 3.00. The molecule has 1 aromatic carbocycles. The maximum atomic E-state index is 13.8. The monoisotopic (exact) mass is 510 g/mol. The van der Waals surface area contributed by atoms with Crippen LogP contribution in [0.4, 0.5) is 37.7 Å². The van der Waals surface area contributed by atoms with Crippen LogP contribution in [0.15, 0.2) is 18.2 Å². The zero-order valence-electron chi connectivity index (χ0n) is 18.4. The van der Waals surface area contributed by atoms with Gasteiger partial charge in [0.2, 0.25) is 5.91 Å². The van der Waals surface area contributed by atoms with Crippen molar-refractivity contribution < 1.29 is 45.5 Å². The number of nitrogens with one attached hydrogen (secondary N) is 1. The van der Waals surface area contributed by atoms with Crippen LogP contribution in [0.25, 0.3) is 0 Å². The summed E-state index contributed by atoms with van der Waals surface area (Å²) >= 11 is 0. The number of carbonyl (C=O) groups is 3. The van der Waals surface area contributed by atoms with Gasteiger partial charge in [-0.3, -0.25) is 19.3 Å². The van der Waals surface area contributed by atoms with Gasteiger partial charge in [-0.15, -0.1) is 0 Å². The maximum absolute atomic E-state index is 13.8. The average Bonchev–Trinajstić information content (AvgIpc) is 2.69. The average molecular weight is 510 g/mol. The van der Waals surface area contributed by atoms with Gasteiger partial charge < -0.3 is 20.7 Å². The molecule has 0 bridgehead atoms. The van der Waals surface area contributed by atoms with Gasteiger partial charge in [-0.2, -0.15) is 26.3 Å². The lowest BCUT2D eigenvalue weighted by Crippen LogP contribution is -2.56. The van der Waals surface area contributed by atoms with Crippen LogP contribution in [0.3, 0.4) is 0 Å². The number of alkyl halides is 6. The van der Waals surface area contributed by atoms with Crippen molar-refractivity contribution in [2.45, 2.75) is 37.7 Å². The minimum Gasteiger partial charge on any atom is -0.370 e. The van der Waals surface area contributed by atoms with E-state index < -0.39 is 53.9 Å². The van der Waals surface area contributed by atoms with Crippen molar-refractivity contribution >= 4 is 29.1 Å². The van der Waals surface area contributed by atoms with E-state index in [9.17, 15) is 40.7 Å². The summed E-state index contributed by atoms with van der Waals surface area (Å²) in [5, 5.41) is 1.92. The second-order valence-corrected chi connectivity index (χ2v) is 8.46. The highest BCUT2D eigenvalue weighted by Crippen LogP contribution is 2.38. The molecule has 1 saturated heterocycles. The Bertz CT molecular complexity index is 964. The zero-order valence-corrected chi connectivity index (χ0v) is 18.4. The molecule has 3 rings (SSSR count). The number of nitrogens with zero attached hydrogens (tertiary/aromatic N) is 2. The molecular weight excluding hydrogens is 486 g/mol. The van der Waals surface area contributed by atoms with Gasteiger partial charge >= 0.3 is 12.4 Å². The molecule has 1 saturated carbocycles. The third-order valence-corrected chi connectivity index (χ3v) is 5.85. The molecule has 0 radical (unpaired) electrons. The summed E-state index contributed by atoms with van der Waals surface area (Å²) in [7, 11) is 0. The number of primary amides is 1. The number of nitrogens with two attached hydrogens (primary N) is 1. The molecule has 0 aromatic heterocycles. The van der Waals surface area contributed by atoms with Crippen LogP contribution in [0.1, 0.15) is 24.8 Å². The zero-order chi connectivity index (χ0) is 26.0. The Labute approximate surface area is 196 Å². The van der Waals surface area contributed by atoms with Gasteiger partial charge in [-0.1, -0.05) is 6.42 Å². The van der Waals surface area contributed by atoms with E-state index in [-0.39, 0.29) is 37.9 Å². The number of benzene rings is 1. The van der Waals surface area contributed by atoms with E-state index >= 15 is 0 Å². The Morgan fingerprint density at radius 1 is 1.20 bits per heavy atom. The van der Waals surface area contributed by atoms with Crippen LogP contribution in [-0.2, 0) is 25.3 Å². The molecule has 3 N–H and O–H groups in total. The summed E-state index contributed by atoms with van der Waals surface area (Å²) in [4.78, 5) is 38.4. The first kappa shape index (κ1) is 26.7. The van der Waals surface area contributed by atoms with Crippen molar-refractivity contribution in [2.75, 3.05) is 43.1 Å². The highest BCUT2D eigenvalue weighted by Gasteiger charge is 2.42. The van der Waals surface area contributed by atoms with Crippen LogP contribution in [0.2, 0.25) is 0 Å². The van der Waals surface area contributed by atoms with E-state index in [0.717, 1.165) is 23.5 Å². The molecule has 14 heteroatoms. The number of morpholine rings is 1. The van der Waals surface area contributed by atoms with Crippen molar-refractivity contribution in [1.82, 2.24) is 4.90 Å². The van der Waals surface area contributed by atoms with Crippen LogP contribution < -0.4 is 16.0 Å². The molecular formula is C21H24F6N4O4. The predicted molar refractivity (Wildman–Crippen MR) is 111 cm³/mol. The molecule has 0 unspecified atom stereocenters. The number of halogens is 6. The van der Waals surface area contributed by atoms with Crippen LogP contribution in [0.5, 0.6) is 0 Å². The number of amides is 3. The van der Waals surface area contributed by atoms with Crippen molar-refractivity contribution in [3.05, 3.63) is 23.8 Å². The Hall–Kier alpha value is -2.87. The maximum Gasteiger partial charge on any atom is 0.418 e. The van der Waals surface area contributed by atoms with Crippen molar-refractivity contribution in [3.8, 4) is 0 Å². The number of rotatable bonds is 8. The van der Waals surface area contributed by atoms with Crippen molar-refractivity contribution in [1.29, 1.82) is 0 Å². The number of anilines is 2. The molecule has 1 aliphatic carbocycles. The van der Waals surface area contributed by atoms with Crippen molar-refractivity contribution in [2.24, 2.45) is 11.7 Å². The van der Waals surface area contributed by atoms with Gasteiger partial charge in [0.1, 0.15) is 6.61 Å². The molecule has 1 aromatic rings. The third-order valence-electron chi connectivity index (χ3n) is 5.85. The van der Waals surface area contributed by atoms with E-state index in [1.165, 1.54) is 0 Å². The lowest BCUT2D eigenvalue weighted by molar-refractivity contribution is -0.159. The summed E-state index contributed by atoms with van der Waals surface area (Å²) < 4.78 is 85.7. The summed E-state index contributed by atoms with van der Waals surface area (Å²) in [6, 6.07) is 0.519. The second kappa shape index (κ2) is 10.4. The Kier molecular flexibility index (Phi) is 7.94. The SMILES string of the molecule is NC(=O)[C@@H](C(=O)Nc1ccc(N2CCOCC2=O)cc1C(F)(F)F)N(CC1CCC1)CC(F)(F)F. The van der Waals surface area contributed by atoms with Crippen molar-refractivity contribution in [3.63, 3.8) is 0 Å². The second-order valence-electron chi connectivity index (χ2n) is 8.46. The van der Waals surface area contributed by atoms with Gasteiger partial charge in [-0.25, -0.2) is 0 Å².